The SMILES string of the molecule is CCCNCCC(C)(C)CCc1ccc(Br)s1. The van der Waals surface area contributed by atoms with Crippen molar-refractivity contribution in [2.75, 3.05) is 13.1 Å². The minimum absolute atomic E-state index is 0.442. The molecule has 0 radical (unpaired) electrons. The summed E-state index contributed by atoms with van der Waals surface area (Å²) < 4.78 is 1.25. The number of rotatable bonds is 8. The highest BCUT2D eigenvalue weighted by atomic mass is 79.9. The fourth-order valence-corrected chi connectivity index (χ4v) is 3.28. The van der Waals surface area contributed by atoms with Crippen LogP contribution in [0.1, 0.15) is 44.9 Å². The molecular formula is C14H24BrNS. The van der Waals surface area contributed by atoms with E-state index in [-0.39, 0.29) is 0 Å². The zero-order valence-corrected chi connectivity index (χ0v) is 13.6. The van der Waals surface area contributed by atoms with Crippen LogP contribution in [0.15, 0.2) is 15.9 Å². The van der Waals surface area contributed by atoms with Crippen LogP contribution in [0.25, 0.3) is 0 Å². The Bertz CT molecular complexity index is 320. The number of thiophene rings is 1. The summed E-state index contributed by atoms with van der Waals surface area (Å²) in [7, 11) is 0. The van der Waals surface area contributed by atoms with Gasteiger partial charge in [0.25, 0.3) is 0 Å². The van der Waals surface area contributed by atoms with E-state index in [1.54, 1.807) is 0 Å². The van der Waals surface area contributed by atoms with Crippen molar-refractivity contribution in [2.45, 2.75) is 46.5 Å². The first-order valence-electron chi connectivity index (χ1n) is 6.48. The van der Waals surface area contributed by atoms with E-state index in [4.69, 9.17) is 0 Å². The van der Waals surface area contributed by atoms with E-state index in [1.807, 2.05) is 11.3 Å². The zero-order chi connectivity index (χ0) is 12.7. The van der Waals surface area contributed by atoms with E-state index in [2.05, 4.69) is 54.2 Å². The molecule has 0 aliphatic heterocycles. The van der Waals surface area contributed by atoms with Crippen LogP contribution in [0.4, 0.5) is 0 Å². The maximum absolute atomic E-state index is 3.52. The molecule has 0 saturated heterocycles. The largest absolute Gasteiger partial charge is 0.317 e. The Hall–Kier alpha value is 0.140. The van der Waals surface area contributed by atoms with E-state index in [0.717, 1.165) is 13.1 Å². The Morgan fingerprint density at radius 2 is 2.00 bits per heavy atom. The van der Waals surface area contributed by atoms with Gasteiger partial charge in [-0.05, 0) is 72.3 Å². The summed E-state index contributed by atoms with van der Waals surface area (Å²) in [6, 6.07) is 4.38. The van der Waals surface area contributed by atoms with E-state index in [9.17, 15) is 0 Å². The molecule has 0 atom stereocenters. The minimum Gasteiger partial charge on any atom is -0.317 e. The van der Waals surface area contributed by atoms with Crippen LogP contribution in [0.5, 0.6) is 0 Å². The van der Waals surface area contributed by atoms with Crippen molar-refractivity contribution < 1.29 is 0 Å². The van der Waals surface area contributed by atoms with Crippen LogP contribution >= 0.6 is 27.3 Å². The lowest BCUT2D eigenvalue weighted by Crippen LogP contribution is -2.23. The highest BCUT2D eigenvalue weighted by molar-refractivity contribution is 9.11. The second-order valence-corrected chi connectivity index (χ2v) is 7.92. The quantitative estimate of drug-likeness (QED) is 0.675. The predicted octanol–water partition coefficient (Wildman–Crippen LogP) is 4.86. The Labute approximate surface area is 118 Å². The molecule has 1 nitrogen and oxygen atoms in total. The Morgan fingerprint density at radius 3 is 2.59 bits per heavy atom. The Morgan fingerprint density at radius 1 is 1.24 bits per heavy atom. The highest BCUT2D eigenvalue weighted by Crippen LogP contribution is 2.29. The summed E-state index contributed by atoms with van der Waals surface area (Å²) in [5.41, 5.74) is 0.442. The molecule has 3 heteroatoms. The van der Waals surface area contributed by atoms with Gasteiger partial charge in [-0.25, -0.2) is 0 Å². The molecule has 98 valence electrons. The molecule has 0 amide bonds. The van der Waals surface area contributed by atoms with Gasteiger partial charge in [-0.1, -0.05) is 20.8 Å². The third-order valence-electron chi connectivity index (χ3n) is 3.08. The lowest BCUT2D eigenvalue weighted by molar-refractivity contribution is 0.303. The summed E-state index contributed by atoms with van der Waals surface area (Å²) in [6.45, 7) is 9.27. The van der Waals surface area contributed by atoms with Gasteiger partial charge >= 0.3 is 0 Å². The van der Waals surface area contributed by atoms with Crippen molar-refractivity contribution in [2.24, 2.45) is 5.41 Å². The van der Waals surface area contributed by atoms with Crippen molar-refractivity contribution in [3.63, 3.8) is 0 Å². The summed E-state index contributed by atoms with van der Waals surface area (Å²) >= 11 is 5.38. The molecule has 17 heavy (non-hydrogen) atoms. The zero-order valence-electron chi connectivity index (χ0n) is 11.2. The van der Waals surface area contributed by atoms with Crippen LogP contribution in [0.2, 0.25) is 0 Å². The van der Waals surface area contributed by atoms with Crippen LogP contribution in [0.3, 0.4) is 0 Å². The molecule has 1 rings (SSSR count). The van der Waals surface area contributed by atoms with Crippen molar-refractivity contribution >= 4 is 27.3 Å². The normalized spacial score (nSPS) is 12.0. The predicted molar refractivity (Wildman–Crippen MR) is 81.9 cm³/mol. The first-order valence-corrected chi connectivity index (χ1v) is 8.09. The molecule has 0 bridgehead atoms. The smallest absolute Gasteiger partial charge is 0.0701 e. The monoisotopic (exact) mass is 317 g/mol. The van der Waals surface area contributed by atoms with Crippen LogP contribution in [0, 0.1) is 5.41 Å². The molecule has 1 aromatic heterocycles. The third-order valence-corrected chi connectivity index (χ3v) is 4.77. The number of hydrogen-bond acceptors (Lipinski definition) is 2. The molecule has 0 aromatic carbocycles. The third kappa shape index (κ3) is 6.58. The first kappa shape index (κ1) is 15.2. The van der Waals surface area contributed by atoms with Gasteiger partial charge in [-0.3, -0.25) is 0 Å². The number of nitrogens with one attached hydrogen (secondary N) is 1. The molecule has 0 unspecified atom stereocenters. The van der Waals surface area contributed by atoms with Gasteiger partial charge < -0.3 is 5.32 Å². The van der Waals surface area contributed by atoms with Crippen molar-refractivity contribution in [3.8, 4) is 0 Å². The van der Waals surface area contributed by atoms with Gasteiger partial charge in [-0.2, -0.15) is 0 Å². The summed E-state index contributed by atoms with van der Waals surface area (Å²) in [5.74, 6) is 0. The number of aryl methyl sites for hydroxylation is 1. The second kappa shape index (κ2) is 7.55. The van der Waals surface area contributed by atoms with Crippen LogP contribution < -0.4 is 5.32 Å². The summed E-state index contributed by atoms with van der Waals surface area (Å²) in [5, 5.41) is 3.49. The maximum atomic E-state index is 3.52. The molecule has 1 N–H and O–H groups in total. The average molecular weight is 318 g/mol. The lowest BCUT2D eigenvalue weighted by atomic mass is 9.84. The first-order chi connectivity index (χ1) is 8.03. The Balaban J connectivity index is 2.24. The number of hydrogen-bond donors (Lipinski definition) is 1. The van der Waals surface area contributed by atoms with E-state index < -0.39 is 0 Å². The van der Waals surface area contributed by atoms with Gasteiger partial charge in [0.1, 0.15) is 0 Å². The standard InChI is InChI=1S/C14H24BrNS/c1-4-10-16-11-9-14(2,3)8-7-12-5-6-13(15)17-12/h5-6,16H,4,7-11H2,1-3H3. The van der Waals surface area contributed by atoms with E-state index in [0.29, 0.717) is 5.41 Å². The summed E-state index contributed by atoms with van der Waals surface area (Å²) in [4.78, 5) is 1.49. The van der Waals surface area contributed by atoms with E-state index in [1.165, 1.54) is 34.3 Å². The van der Waals surface area contributed by atoms with Crippen molar-refractivity contribution in [1.29, 1.82) is 0 Å². The molecule has 0 saturated carbocycles. The minimum atomic E-state index is 0.442. The van der Waals surface area contributed by atoms with Crippen molar-refractivity contribution in [1.82, 2.24) is 5.32 Å². The fourth-order valence-electron chi connectivity index (χ4n) is 1.80. The maximum Gasteiger partial charge on any atom is 0.0701 e. The molecule has 0 fully saturated rings. The van der Waals surface area contributed by atoms with Gasteiger partial charge in [0.15, 0.2) is 0 Å². The molecule has 1 heterocycles. The molecule has 0 spiro atoms. The van der Waals surface area contributed by atoms with Crippen molar-refractivity contribution in [3.05, 3.63) is 20.8 Å². The topological polar surface area (TPSA) is 12.0 Å². The average Bonchev–Trinajstić information content (AvgIpc) is 2.68. The van der Waals surface area contributed by atoms with Gasteiger partial charge in [0.2, 0.25) is 0 Å². The van der Waals surface area contributed by atoms with Crippen LogP contribution in [-0.4, -0.2) is 13.1 Å². The van der Waals surface area contributed by atoms with Gasteiger partial charge in [-0.15, -0.1) is 11.3 Å². The summed E-state index contributed by atoms with van der Waals surface area (Å²) in [6.07, 6.45) is 4.97. The second-order valence-electron chi connectivity index (χ2n) is 5.37. The molecule has 0 aliphatic carbocycles. The van der Waals surface area contributed by atoms with Gasteiger partial charge in [0, 0.05) is 4.88 Å². The number of halogens is 1. The Kier molecular flexibility index (Phi) is 6.75. The van der Waals surface area contributed by atoms with Crippen LogP contribution in [-0.2, 0) is 6.42 Å². The molecule has 0 aliphatic rings. The lowest BCUT2D eigenvalue weighted by Gasteiger charge is -2.24. The highest BCUT2D eigenvalue weighted by Gasteiger charge is 2.17. The molecular weight excluding hydrogens is 294 g/mol. The van der Waals surface area contributed by atoms with E-state index >= 15 is 0 Å². The fraction of sp³-hybridized carbons (Fsp3) is 0.714. The molecule has 1 aromatic rings. The van der Waals surface area contributed by atoms with Gasteiger partial charge in [0.05, 0.1) is 3.79 Å².